The van der Waals surface area contributed by atoms with E-state index in [4.69, 9.17) is 9.47 Å². The summed E-state index contributed by atoms with van der Waals surface area (Å²) in [7, 11) is 0. The number of carbonyl (C=O) groups is 2. The number of benzene rings is 3. The number of fused-ring (bicyclic) bond motifs is 1. The zero-order chi connectivity index (χ0) is 21.6. The Hall–Kier alpha value is -3.80. The number of ether oxygens (including phenoxy) is 2. The Balaban J connectivity index is 1.38. The highest BCUT2D eigenvalue weighted by Gasteiger charge is 2.17. The third-order valence-corrected chi connectivity index (χ3v) is 5.20. The van der Waals surface area contributed by atoms with Gasteiger partial charge in [-0.15, -0.1) is 0 Å². The Kier molecular flexibility index (Phi) is 6.17. The van der Waals surface area contributed by atoms with Gasteiger partial charge in [0.25, 0.3) is 5.91 Å². The Morgan fingerprint density at radius 2 is 1.68 bits per heavy atom. The first-order chi connectivity index (χ1) is 15.1. The van der Waals surface area contributed by atoms with Crippen LogP contribution in [0.4, 0.5) is 5.69 Å². The molecule has 2 amide bonds. The van der Waals surface area contributed by atoms with Gasteiger partial charge in [-0.3, -0.25) is 9.59 Å². The number of para-hydroxylation sites is 1. The summed E-state index contributed by atoms with van der Waals surface area (Å²) in [5.41, 5.74) is 2.92. The van der Waals surface area contributed by atoms with Gasteiger partial charge in [-0.2, -0.15) is 0 Å². The van der Waals surface area contributed by atoms with E-state index in [1.807, 2.05) is 55.5 Å². The number of amides is 2. The van der Waals surface area contributed by atoms with Gasteiger partial charge in [-0.05, 0) is 41.3 Å². The minimum absolute atomic E-state index is 0.0770. The first-order valence-corrected chi connectivity index (χ1v) is 10.2. The molecule has 0 radical (unpaired) electrons. The van der Waals surface area contributed by atoms with E-state index in [1.54, 1.807) is 24.3 Å². The zero-order valence-electron chi connectivity index (χ0n) is 17.3. The maximum atomic E-state index is 12.8. The van der Waals surface area contributed by atoms with E-state index in [0.717, 1.165) is 11.1 Å². The summed E-state index contributed by atoms with van der Waals surface area (Å²) in [5.74, 6) is 1.06. The highest BCUT2D eigenvalue weighted by Crippen LogP contribution is 2.32. The van der Waals surface area contributed by atoms with E-state index in [-0.39, 0.29) is 24.5 Å². The SMILES string of the molecule is CC(CC(=O)Nc1ccccc1C(=O)NCc1ccc2c(c1)OCO2)c1ccccc1. The normalized spacial score (nSPS) is 12.8. The number of anilines is 1. The van der Waals surface area contributed by atoms with Crippen LogP contribution >= 0.6 is 0 Å². The molecule has 3 aromatic carbocycles. The monoisotopic (exact) mass is 416 g/mol. The minimum atomic E-state index is -0.260. The van der Waals surface area contributed by atoms with Crippen LogP contribution in [0.3, 0.4) is 0 Å². The first kappa shape index (κ1) is 20.5. The highest BCUT2D eigenvalue weighted by atomic mass is 16.7. The smallest absolute Gasteiger partial charge is 0.253 e. The molecule has 0 spiro atoms. The van der Waals surface area contributed by atoms with Crippen LogP contribution in [0.1, 0.15) is 40.7 Å². The van der Waals surface area contributed by atoms with Crippen molar-refractivity contribution in [2.24, 2.45) is 0 Å². The van der Waals surface area contributed by atoms with Crippen molar-refractivity contribution in [2.75, 3.05) is 12.1 Å². The van der Waals surface area contributed by atoms with Crippen molar-refractivity contribution in [3.05, 3.63) is 89.5 Å². The highest BCUT2D eigenvalue weighted by molar-refractivity contribution is 6.03. The van der Waals surface area contributed by atoms with E-state index >= 15 is 0 Å². The van der Waals surface area contributed by atoms with Crippen molar-refractivity contribution < 1.29 is 19.1 Å². The molecule has 6 nitrogen and oxygen atoms in total. The second-order valence-electron chi connectivity index (χ2n) is 7.48. The van der Waals surface area contributed by atoms with Gasteiger partial charge in [-0.25, -0.2) is 0 Å². The number of hydrogen-bond donors (Lipinski definition) is 2. The molecular weight excluding hydrogens is 392 g/mol. The van der Waals surface area contributed by atoms with Gasteiger partial charge in [0.2, 0.25) is 12.7 Å². The van der Waals surface area contributed by atoms with E-state index in [2.05, 4.69) is 10.6 Å². The fourth-order valence-electron chi connectivity index (χ4n) is 3.50. The van der Waals surface area contributed by atoms with E-state index in [0.29, 0.717) is 35.7 Å². The summed E-state index contributed by atoms with van der Waals surface area (Å²) in [6.07, 6.45) is 0.331. The third kappa shape index (κ3) is 5.04. The van der Waals surface area contributed by atoms with Crippen molar-refractivity contribution >= 4 is 17.5 Å². The van der Waals surface area contributed by atoms with Crippen LogP contribution in [0.2, 0.25) is 0 Å². The summed E-state index contributed by atoms with van der Waals surface area (Å²) >= 11 is 0. The molecule has 1 aliphatic heterocycles. The maximum absolute atomic E-state index is 12.8. The molecule has 0 aliphatic carbocycles. The lowest BCUT2D eigenvalue weighted by atomic mass is 9.97. The fourth-order valence-corrected chi connectivity index (χ4v) is 3.50. The van der Waals surface area contributed by atoms with Crippen LogP contribution in [-0.4, -0.2) is 18.6 Å². The van der Waals surface area contributed by atoms with Crippen molar-refractivity contribution in [3.63, 3.8) is 0 Å². The fraction of sp³-hybridized carbons (Fsp3) is 0.200. The lowest BCUT2D eigenvalue weighted by Crippen LogP contribution is -2.25. The van der Waals surface area contributed by atoms with Crippen LogP contribution in [0.15, 0.2) is 72.8 Å². The summed E-state index contributed by atoms with van der Waals surface area (Å²) in [5, 5.41) is 5.79. The summed E-state index contributed by atoms with van der Waals surface area (Å²) in [4.78, 5) is 25.4. The molecule has 1 atom stereocenters. The molecule has 31 heavy (non-hydrogen) atoms. The molecular formula is C25H24N2O4. The maximum Gasteiger partial charge on any atom is 0.253 e. The topological polar surface area (TPSA) is 76.7 Å². The first-order valence-electron chi connectivity index (χ1n) is 10.2. The predicted octanol–water partition coefficient (Wildman–Crippen LogP) is 4.48. The van der Waals surface area contributed by atoms with Gasteiger partial charge in [0.1, 0.15) is 0 Å². The second-order valence-corrected chi connectivity index (χ2v) is 7.48. The summed E-state index contributed by atoms with van der Waals surface area (Å²) in [6.45, 7) is 2.56. The van der Waals surface area contributed by atoms with Crippen LogP contribution in [0.5, 0.6) is 11.5 Å². The summed E-state index contributed by atoms with van der Waals surface area (Å²) in [6, 6.07) is 22.5. The van der Waals surface area contributed by atoms with E-state index in [9.17, 15) is 9.59 Å². The zero-order valence-corrected chi connectivity index (χ0v) is 17.3. The number of carbonyl (C=O) groups excluding carboxylic acids is 2. The lowest BCUT2D eigenvalue weighted by molar-refractivity contribution is -0.116. The summed E-state index contributed by atoms with van der Waals surface area (Å²) < 4.78 is 10.7. The average Bonchev–Trinajstić information content (AvgIpc) is 3.26. The number of nitrogens with one attached hydrogen (secondary N) is 2. The second kappa shape index (κ2) is 9.34. The molecule has 0 saturated carbocycles. The molecule has 0 fully saturated rings. The van der Waals surface area contributed by atoms with Gasteiger partial charge in [0.15, 0.2) is 11.5 Å². The Labute approximate surface area is 181 Å². The van der Waals surface area contributed by atoms with E-state index < -0.39 is 0 Å². The standard InChI is InChI=1S/C25H24N2O4/c1-17(19-7-3-2-4-8-19)13-24(28)27-21-10-6-5-9-20(21)25(29)26-15-18-11-12-22-23(14-18)31-16-30-22/h2-12,14,17H,13,15-16H2,1H3,(H,26,29)(H,27,28). The van der Waals surface area contributed by atoms with Gasteiger partial charge in [-0.1, -0.05) is 55.5 Å². The van der Waals surface area contributed by atoms with Gasteiger partial charge >= 0.3 is 0 Å². The molecule has 1 unspecified atom stereocenters. The Morgan fingerprint density at radius 3 is 2.52 bits per heavy atom. The van der Waals surface area contributed by atoms with Crippen LogP contribution in [-0.2, 0) is 11.3 Å². The molecule has 0 saturated heterocycles. The van der Waals surface area contributed by atoms with E-state index in [1.165, 1.54) is 0 Å². The van der Waals surface area contributed by atoms with Crippen molar-refractivity contribution in [3.8, 4) is 11.5 Å². The predicted molar refractivity (Wildman–Crippen MR) is 118 cm³/mol. The molecule has 158 valence electrons. The van der Waals surface area contributed by atoms with Crippen molar-refractivity contribution in [2.45, 2.75) is 25.8 Å². The molecule has 0 aromatic heterocycles. The molecule has 0 bridgehead atoms. The number of rotatable bonds is 7. The average molecular weight is 416 g/mol. The molecule has 3 aromatic rings. The van der Waals surface area contributed by atoms with Gasteiger partial charge < -0.3 is 20.1 Å². The van der Waals surface area contributed by atoms with Crippen LogP contribution in [0.25, 0.3) is 0 Å². The van der Waals surface area contributed by atoms with Crippen molar-refractivity contribution in [1.82, 2.24) is 5.32 Å². The molecule has 2 N–H and O–H groups in total. The van der Waals surface area contributed by atoms with Gasteiger partial charge in [0, 0.05) is 13.0 Å². The molecule has 6 heteroatoms. The van der Waals surface area contributed by atoms with Crippen LogP contribution in [0, 0.1) is 0 Å². The van der Waals surface area contributed by atoms with Gasteiger partial charge in [0.05, 0.1) is 11.3 Å². The molecule has 1 heterocycles. The largest absolute Gasteiger partial charge is 0.454 e. The van der Waals surface area contributed by atoms with Crippen molar-refractivity contribution in [1.29, 1.82) is 0 Å². The van der Waals surface area contributed by atoms with Crippen LogP contribution < -0.4 is 20.1 Å². The lowest BCUT2D eigenvalue weighted by Gasteiger charge is -2.14. The number of hydrogen-bond acceptors (Lipinski definition) is 4. The quantitative estimate of drug-likeness (QED) is 0.596. The third-order valence-electron chi connectivity index (χ3n) is 5.20. The Bertz CT molecular complexity index is 1080. The minimum Gasteiger partial charge on any atom is -0.454 e. The molecule has 1 aliphatic rings. The Morgan fingerprint density at radius 1 is 0.935 bits per heavy atom. The molecule has 4 rings (SSSR count).